The van der Waals surface area contributed by atoms with E-state index < -0.39 is 0 Å². The largest absolute Gasteiger partial charge is 0.381 e. The van der Waals surface area contributed by atoms with E-state index in [1.54, 1.807) is 0 Å². The van der Waals surface area contributed by atoms with Gasteiger partial charge in [-0.3, -0.25) is 0 Å². The van der Waals surface area contributed by atoms with Gasteiger partial charge in [-0.05, 0) is 61.5 Å². The summed E-state index contributed by atoms with van der Waals surface area (Å²) in [7, 11) is 0. The Hall–Kier alpha value is 1.32. The molecule has 0 N–H and O–H groups in total. The Kier molecular flexibility index (Phi) is 19.2. The standard InChI is InChI=1S/C17H36O2S4/c20-11-3-1-7-17(8-2-4-12-21,15-18-9-5-13-22)16-19-10-6-14-23/h20-23H,1-16H2. The van der Waals surface area contributed by atoms with Gasteiger partial charge in [0.15, 0.2) is 0 Å². The zero-order valence-corrected chi connectivity index (χ0v) is 18.0. The molecule has 0 aromatic heterocycles. The summed E-state index contributed by atoms with van der Waals surface area (Å²) < 4.78 is 12.0. The second kappa shape index (κ2) is 18.1. The van der Waals surface area contributed by atoms with Gasteiger partial charge >= 0.3 is 0 Å². The molecule has 140 valence electrons. The number of unbranched alkanes of at least 4 members (excludes halogenated alkanes) is 2. The fourth-order valence-electron chi connectivity index (χ4n) is 2.59. The van der Waals surface area contributed by atoms with Crippen molar-refractivity contribution in [3.8, 4) is 0 Å². The average molecular weight is 401 g/mol. The number of hydrogen-bond donors (Lipinski definition) is 4. The molecule has 0 heterocycles. The third kappa shape index (κ3) is 14.2. The van der Waals surface area contributed by atoms with Crippen LogP contribution in [0.5, 0.6) is 0 Å². The topological polar surface area (TPSA) is 18.5 Å². The maximum absolute atomic E-state index is 5.98. The number of thiol groups is 4. The summed E-state index contributed by atoms with van der Waals surface area (Å²) in [4.78, 5) is 0. The zero-order chi connectivity index (χ0) is 17.2. The van der Waals surface area contributed by atoms with Crippen LogP contribution in [0.2, 0.25) is 0 Å². The van der Waals surface area contributed by atoms with Crippen LogP contribution in [0.4, 0.5) is 0 Å². The Balaban J connectivity index is 4.55. The molecule has 0 fully saturated rings. The second-order valence-electron chi connectivity index (χ2n) is 6.12. The maximum atomic E-state index is 5.98. The molecule has 0 saturated heterocycles. The first-order valence-electron chi connectivity index (χ1n) is 8.83. The van der Waals surface area contributed by atoms with E-state index in [4.69, 9.17) is 9.47 Å². The van der Waals surface area contributed by atoms with Gasteiger partial charge in [-0.25, -0.2) is 0 Å². The van der Waals surface area contributed by atoms with Crippen molar-refractivity contribution >= 4 is 50.5 Å². The zero-order valence-electron chi connectivity index (χ0n) is 14.4. The summed E-state index contributed by atoms with van der Waals surface area (Å²) in [5, 5.41) is 0. The Labute approximate surface area is 165 Å². The molecule has 0 amide bonds. The van der Waals surface area contributed by atoms with E-state index in [9.17, 15) is 0 Å². The molecule has 0 aromatic carbocycles. The lowest BCUT2D eigenvalue weighted by atomic mass is 9.79. The second-order valence-corrected chi connectivity index (χ2v) is 7.91. The highest BCUT2D eigenvalue weighted by Gasteiger charge is 2.30. The van der Waals surface area contributed by atoms with Crippen LogP contribution >= 0.6 is 50.5 Å². The van der Waals surface area contributed by atoms with E-state index in [1.807, 2.05) is 0 Å². The highest BCUT2D eigenvalue weighted by atomic mass is 32.1. The Morgan fingerprint density at radius 2 is 0.913 bits per heavy atom. The van der Waals surface area contributed by atoms with Crippen molar-refractivity contribution in [1.82, 2.24) is 0 Å². The molecule has 0 aliphatic heterocycles. The van der Waals surface area contributed by atoms with Crippen molar-refractivity contribution in [3.63, 3.8) is 0 Å². The minimum absolute atomic E-state index is 0.138. The maximum Gasteiger partial charge on any atom is 0.0544 e. The van der Waals surface area contributed by atoms with E-state index in [2.05, 4.69) is 50.5 Å². The first-order chi connectivity index (χ1) is 11.2. The van der Waals surface area contributed by atoms with Gasteiger partial charge in [0.05, 0.1) is 13.2 Å². The highest BCUT2D eigenvalue weighted by molar-refractivity contribution is 7.80. The normalized spacial score (nSPS) is 12.0. The fourth-order valence-corrected chi connectivity index (χ4v) is 3.29. The lowest BCUT2D eigenvalue weighted by Crippen LogP contribution is -2.33. The van der Waals surface area contributed by atoms with E-state index >= 15 is 0 Å². The molecule has 2 nitrogen and oxygen atoms in total. The van der Waals surface area contributed by atoms with Gasteiger partial charge in [0.1, 0.15) is 0 Å². The quantitative estimate of drug-likeness (QED) is 0.195. The van der Waals surface area contributed by atoms with E-state index in [1.165, 1.54) is 12.8 Å². The van der Waals surface area contributed by atoms with E-state index in [-0.39, 0.29) is 5.41 Å². The van der Waals surface area contributed by atoms with Crippen molar-refractivity contribution in [2.75, 3.05) is 49.4 Å². The van der Waals surface area contributed by atoms with E-state index in [0.29, 0.717) is 0 Å². The molecule has 0 aliphatic carbocycles. The smallest absolute Gasteiger partial charge is 0.0544 e. The minimum Gasteiger partial charge on any atom is -0.381 e. The lowest BCUT2D eigenvalue weighted by Gasteiger charge is -2.34. The predicted octanol–water partition coefficient (Wildman–Crippen LogP) is 4.85. The Morgan fingerprint density at radius 3 is 1.26 bits per heavy atom. The fraction of sp³-hybridized carbons (Fsp3) is 1.00. The van der Waals surface area contributed by atoms with Crippen LogP contribution in [-0.2, 0) is 9.47 Å². The van der Waals surface area contributed by atoms with Gasteiger partial charge in [-0.15, -0.1) is 0 Å². The molecule has 23 heavy (non-hydrogen) atoms. The molecule has 0 unspecified atom stereocenters. The molecule has 0 aliphatic rings. The van der Waals surface area contributed by atoms with Crippen LogP contribution in [0.3, 0.4) is 0 Å². The van der Waals surface area contributed by atoms with Gasteiger partial charge in [-0.2, -0.15) is 50.5 Å². The molecular formula is C17H36O2S4. The summed E-state index contributed by atoms with van der Waals surface area (Å²) in [6.45, 7) is 3.17. The predicted molar refractivity (Wildman–Crippen MR) is 116 cm³/mol. The summed E-state index contributed by atoms with van der Waals surface area (Å²) in [6.07, 6.45) is 9.02. The van der Waals surface area contributed by atoms with Gasteiger partial charge in [0.25, 0.3) is 0 Å². The average Bonchev–Trinajstić information content (AvgIpc) is 2.56. The summed E-state index contributed by atoms with van der Waals surface area (Å²) in [5.74, 6) is 3.66. The molecule has 6 heteroatoms. The summed E-state index contributed by atoms with van der Waals surface area (Å²) in [6, 6.07) is 0. The van der Waals surface area contributed by atoms with Crippen molar-refractivity contribution < 1.29 is 9.47 Å². The molecule has 0 aromatic rings. The molecule has 0 saturated carbocycles. The van der Waals surface area contributed by atoms with Crippen molar-refractivity contribution in [1.29, 1.82) is 0 Å². The van der Waals surface area contributed by atoms with Crippen LogP contribution < -0.4 is 0 Å². The van der Waals surface area contributed by atoms with Gasteiger partial charge in [0, 0.05) is 18.6 Å². The minimum atomic E-state index is 0.138. The van der Waals surface area contributed by atoms with E-state index in [0.717, 1.165) is 88.0 Å². The first-order valence-corrected chi connectivity index (χ1v) is 11.4. The summed E-state index contributed by atoms with van der Waals surface area (Å²) >= 11 is 17.2. The van der Waals surface area contributed by atoms with Gasteiger partial charge in [0.2, 0.25) is 0 Å². The SMILES string of the molecule is SCCCCC(CCCCS)(COCCCS)COCCCS. The summed E-state index contributed by atoms with van der Waals surface area (Å²) in [5.41, 5.74) is 0.138. The molecular weight excluding hydrogens is 364 g/mol. The third-order valence-electron chi connectivity index (χ3n) is 3.94. The number of rotatable bonds is 18. The van der Waals surface area contributed by atoms with Crippen LogP contribution in [0.15, 0.2) is 0 Å². The van der Waals surface area contributed by atoms with Crippen LogP contribution in [0, 0.1) is 5.41 Å². The first kappa shape index (κ1) is 24.3. The Morgan fingerprint density at radius 1 is 0.522 bits per heavy atom. The van der Waals surface area contributed by atoms with Crippen molar-refractivity contribution in [2.24, 2.45) is 5.41 Å². The van der Waals surface area contributed by atoms with Crippen LogP contribution in [0.1, 0.15) is 51.4 Å². The molecule has 0 radical (unpaired) electrons. The highest BCUT2D eigenvalue weighted by Crippen LogP contribution is 2.32. The van der Waals surface area contributed by atoms with Gasteiger partial charge < -0.3 is 9.47 Å². The number of hydrogen-bond acceptors (Lipinski definition) is 6. The molecule has 0 rings (SSSR count). The molecule has 0 bridgehead atoms. The van der Waals surface area contributed by atoms with Crippen molar-refractivity contribution in [3.05, 3.63) is 0 Å². The number of ether oxygens (including phenoxy) is 2. The molecule has 0 atom stereocenters. The van der Waals surface area contributed by atoms with Crippen LogP contribution in [-0.4, -0.2) is 49.4 Å². The van der Waals surface area contributed by atoms with Gasteiger partial charge in [-0.1, -0.05) is 12.8 Å². The molecule has 0 spiro atoms. The lowest BCUT2D eigenvalue weighted by molar-refractivity contribution is -0.0337. The van der Waals surface area contributed by atoms with Crippen molar-refractivity contribution in [2.45, 2.75) is 51.4 Å². The Bertz CT molecular complexity index is 219. The third-order valence-corrected chi connectivity index (χ3v) is 5.21. The van der Waals surface area contributed by atoms with Crippen LogP contribution in [0.25, 0.3) is 0 Å². The monoisotopic (exact) mass is 400 g/mol.